The predicted octanol–water partition coefficient (Wildman–Crippen LogP) is 2.55. The smallest absolute Gasteiger partial charge is 0.257 e. The molecule has 1 fully saturated rings. The van der Waals surface area contributed by atoms with Crippen LogP contribution in [0.3, 0.4) is 0 Å². The Balaban J connectivity index is 1.38. The Labute approximate surface area is 146 Å². The summed E-state index contributed by atoms with van der Waals surface area (Å²) in [5.41, 5.74) is 2.16. The molecule has 0 aliphatic carbocycles. The second-order valence-corrected chi connectivity index (χ2v) is 6.75. The molecule has 3 heterocycles. The SMILES string of the molecule is Cc1cccc(-c2nc(CN3CCC[C@H](Cn4cncn4)C3)no2)c1. The first-order valence-electron chi connectivity index (χ1n) is 8.70. The van der Waals surface area contributed by atoms with Gasteiger partial charge in [-0.1, -0.05) is 22.9 Å². The van der Waals surface area contributed by atoms with Gasteiger partial charge in [0.2, 0.25) is 0 Å². The Hall–Kier alpha value is -2.54. The number of aryl methyl sites for hydroxylation is 1. The zero-order valence-corrected chi connectivity index (χ0v) is 14.4. The van der Waals surface area contributed by atoms with Crippen molar-refractivity contribution in [1.82, 2.24) is 29.8 Å². The molecule has 25 heavy (non-hydrogen) atoms. The topological polar surface area (TPSA) is 72.9 Å². The highest BCUT2D eigenvalue weighted by Gasteiger charge is 2.22. The lowest BCUT2D eigenvalue weighted by Gasteiger charge is -2.31. The van der Waals surface area contributed by atoms with Gasteiger partial charge in [0.05, 0.1) is 6.54 Å². The van der Waals surface area contributed by atoms with E-state index >= 15 is 0 Å². The minimum absolute atomic E-state index is 0.582. The molecule has 7 heteroatoms. The van der Waals surface area contributed by atoms with Crippen LogP contribution in [0.4, 0.5) is 0 Å². The van der Waals surface area contributed by atoms with Crippen LogP contribution >= 0.6 is 0 Å². The fourth-order valence-electron chi connectivity index (χ4n) is 3.45. The molecule has 1 saturated heterocycles. The summed E-state index contributed by atoms with van der Waals surface area (Å²) < 4.78 is 7.36. The van der Waals surface area contributed by atoms with Crippen molar-refractivity contribution in [3.63, 3.8) is 0 Å². The van der Waals surface area contributed by atoms with Crippen LogP contribution in [0.15, 0.2) is 41.4 Å². The molecule has 0 unspecified atom stereocenters. The van der Waals surface area contributed by atoms with Crippen molar-refractivity contribution in [2.75, 3.05) is 13.1 Å². The average molecular weight is 338 g/mol. The van der Waals surface area contributed by atoms with Crippen LogP contribution in [0.5, 0.6) is 0 Å². The lowest BCUT2D eigenvalue weighted by molar-refractivity contribution is 0.149. The Morgan fingerprint density at radius 1 is 1.32 bits per heavy atom. The van der Waals surface area contributed by atoms with E-state index in [-0.39, 0.29) is 0 Å². The molecule has 0 bridgehead atoms. The van der Waals surface area contributed by atoms with E-state index in [2.05, 4.69) is 44.2 Å². The van der Waals surface area contributed by atoms with Crippen LogP contribution in [-0.4, -0.2) is 42.9 Å². The van der Waals surface area contributed by atoms with Crippen LogP contribution in [0.1, 0.15) is 24.2 Å². The van der Waals surface area contributed by atoms with Crippen LogP contribution < -0.4 is 0 Å². The highest BCUT2D eigenvalue weighted by atomic mass is 16.5. The Kier molecular flexibility index (Phi) is 4.56. The van der Waals surface area contributed by atoms with E-state index in [0.717, 1.165) is 37.6 Å². The summed E-state index contributed by atoms with van der Waals surface area (Å²) >= 11 is 0. The summed E-state index contributed by atoms with van der Waals surface area (Å²) in [7, 11) is 0. The van der Waals surface area contributed by atoms with Crippen molar-refractivity contribution in [1.29, 1.82) is 0 Å². The molecule has 3 aromatic rings. The van der Waals surface area contributed by atoms with E-state index in [1.54, 1.807) is 12.7 Å². The third-order valence-electron chi connectivity index (χ3n) is 4.61. The minimum Gasteiger partial charge on any atom is -0.334 e. The lowest BCUT2D eigenvalue weighted by Crippen LogP contribution is -2.36. The van der Waals surface area contributed by atoms with Gasteiger partial charge in [0.1, 0.15) is 12.7 Å². The van der Waals surface area contributed by atoms with Gasteiger partial charge in [-0.05, 0) is 44.4 Å². The number of benzene rings is 1. The van der Waals surface area contributed by atoms with Gasteiger partial charge in [-0.3, -0.25) is 9.58 Å². The van der Waals surface area contributed by atoms with Gasteiger partial charge in [0.25, 0.3) is 5.89 Å². The van der Waals surface area contributed by atoms with Gasteiger partial charge in [-0.25, -0.2) is 4.98 Å². The second-order valence-electron chi connectivity index (χ2n) is 6.75. The molecule has 4 rings (SSSR count). The maximum absolute atomic E-state index is 5.45. The number of likely N-dealkylation sites (tertiary alicyclic amines) is 1. The van der Waals surface area contributed by atoms with Crippen molar-refractivity contribution in [3.8, 4) is 11.5 Å². The zero-order chi connectivity index (χ0) is 17.1. The minimum atomic E-state index is 0.582. The maximum Gasteiger partial charge on any atom is 0.257 e. The number of hydrogen-bond acceptors (Lipinski definition) is 6. The first-order chi connectivity index (χ1) is 12.3. The summed E-state index contributed by atoms with van der Waals surface area (Å²) in [5.74, 6) is 1.92. The van der Waals surface area contributed by atoms with Crippen LogP contribution in [0, 0.1) is 12.8 Å². The van der Waals surface area contributed by atoms with Crippen LogP contribution in [0.25, 0.3) is 11.5 Å². The predicted molar refractivity (Wildman–Crippen MR) is 92.5 cm³/mol. The van der Waals surface area contributed by atoms with E-state index in [1.165, 1.54) is 18.4 Å². The standard InChI is InChI=1S/C18H22N6O/c1-14-4-2-6-16(8-14)18-21-17(22-25-18)11-23-7-3-5-15(9-23)10-24-13-19-12-20-24/h2,4,6,8,12-13,15H,3,5,7,9-11H2,1H3/t15-/m0/s1. The fourth-order valence-corrected chi connectivity index (χ4v) is 3.45. The van der Waals surface area contributed by atoms with Crippen LogP contribution in [-0.2, 0) is 13.1 Å². The van der Waals surface area contributed by atoms with Crippen molar-refractivity contribution >= 4 is 0 Å². The molecule has 0 saturated carbocycles. The van der Waals surface area contributed by atoms with Crippen molar-refractivity contribution in [2.24, 2.45) is 5.92 Å². The summed E-state index contributed by atoms with van der Waals surface area (Å²) in [6, 6.07) is 8.13. The van der Waals surface area contributed by atoms with E-state index in [1.807, 2.05) is 16.8 Å². The first kappa shape index (κ1) is 16.0. The number of rotatable bonds is 5. The lowest BCUT2D eigenvalue weighted by atomic mass is 9.98. The van der Waals surface area contributed by atoms with Gasteiger partial charge in [-0.2, -0.15) is 10.1 Å². The molecule has 0 amide bonds. The largest absolute Gasteiger partial charge is 0.334 e. The molecule has 2 aromatic heterocycles. The zero-order valence-electron chi connectivity index (χ0n) is 14.4. The third kappa shape index (κ3) is 3.93. The van der Waals surface area contributed by atoms with Gasteiger partial charge < -0.3 is 4.52 Å². The van der Waals surface area contributed by atoms with Crippen LogP contribution in [0.2, 0.25) is 0 Å². The van der Waals surface area contributed by atoms with E-state index in [0.29, 0.717) is 11.8 Å². The number of piperidine rings is 1. The monoisotopic (exact) mass is 338 g/mol. The van der Waals surface area contributed by atoms with E-state index in [9.17, 15) is 0 Å². The summed E-state index contributed by atoms with van der Waals surface area (Å²) in [4.78, 5) is 11.0. The molecule has 130 valence electrons. The Morgan fingerprint density at radius 2 is 2.28 bits per heavy atom. The van der Waals surface area contributed by atoms with Gasteiger partial charge >= 0.3 is 0 Å². The Bertz CT molecular complexity index is 813. The van der Waals surface area contributed by atoms with Gasteiger partial charge in [0.15, 0.2) is 5.82 Å². The summed E-state index contributed by atoms with van der Waals surface area (Å²) in [6.45, 7) is 5.79. The van der Waals surface area contributed by atoms with Crippen molar-refractivity contribution < 1.29 is 4.52 Å². The maximum atomic E-state index is 5.45. The van der Waals surface area contributed by atoms with Crippen molar-refractivity contribution in [2.45, 2.75) is 32.9 Å². The molecule has 0 spiro atoms. The molecule has 1 aromatic carbocycles. The van der Waals surface area contributed by atoms with E-state index in [4.69, 9.17) is 4.52 Å². The molecule has 1 aliphatic heterocycles. The molecule has 0 N–H and O–H groups in total. The molecule has 7 nitrogen and oxygen atoms in total. The average Bonchev–Trinajstić information content (AvgIpc) is 3.27. The highest BCUT2D eigenvalue weighted by molar-refractivity contribution is 5.53. The third-order valence-corrected chi connectivity index (χ3v) is 4.61. The molecule has 0 radical (unpaired) electrons. The molecule has 1 aliphatic rings. The second kappa shape index (κ2) is 7.14. The van der Waals surface area contributed by atoms with Gasteiger partial charge in [0, 0.05) is 18.7 Å². The van der Waals surface area contributed by atoms with E-state index < -0.39 is 0 Å². The number of hydrogen-bond donors (Lipinski definition) is 0. The number of nitrogens with zero attached hydrogens (tertiary/aromatic N) is 6. The number of aromatic nitrogens is 5. The summed E-state index contributed by atoms with van der Waals surface area (Å²) in [6.07, 6.45) is 5.78. The summed E-state index contributed by atoms with van der Waals surface area (Å²) in [5, 5.41) is 8.37. The van der Waals surface area contributed by atoms with Gasteiger partial charge in [-0.15, -0.1) is 0 Å². The fraction of sp³-hybridized carbons (Fsp3) is 0.444. The van der Waals surface area contributed by atoms with Crippen molar-refractivity contribution in [3.05, 3.63) is 48.3 Å². The highest BCUT2D eigenvalue weighted by Crippen LogP contribution is 2.21. The first-order valence-corrected chi connectivity index (χ1v) is 8.70. The normalized spacial score (nSPS) is 18.5. The molecular formula is C18H22N6O. The quantitative estimate of drug-likeness (QED) is 0.712. The Morgan fingerprint density at radius 3 is 3.12 bits per heavy atom. The molecular weight excluding hydrogens is 316 g/mol. The molecule has 1 atom stereocenters.